The summed E-state index contributed by atoms with van der Waals surface area (Å²) in [5.74, 6) is 0. The van der Waals surface area contributed by atoms with E-state index in [-0.39, 0.29) is 6.03 Å². The molecule has 1 aliphatic heterocycles. The molecule has 0 atom stereocenters. The molecular formula is C20H25N3O2. The third-order valence-corrected chi connectivity index (χ3v) is 4.35. The molecule has 0 aliphatic carbocycles. The average Bonchev–Trinajstić information content (AvgIpc) is 2.63. The number of morpholine rings is 1. The minimum Gasteiger partial charge on any atom is -0.378 e. The van der Waals surface area contributed by atoms with Gasteiger partial charge in [-0.15, -0.1) is 0 Å². The van der Waals surface area contributed by atoms with Crippen LogP contribution in [0.1, 0.15) is 11.1 Å². The van der Waals surface area contributed by atoms with Crippen molar-refractivity contribution in [2.24, 2.45) is 0 Å². The fraction of sp³-hybridized carbons (Fsp3) is 0.350. The molecule has 0 aromatic heterocycles. The molecule has 0 saturated carbocycles. The van der Waals surface area contributed by atoms with Gasteiger partial charge in [-0.1, -0.05) is 24.3 Å². The molecule has 1 N–H and O–H groups in total. The third-order valence-electron chi connectivity index (χ3n) is 4.35. The van der Waals surface area contributed by atoms with Crippen LogP contribution >= 0.6 is 0 Å². The van der Waals surface area contributed by atoms with Gasteiger partial charge in [-0.3, -0.25) is 0 Å². The van der Waals surface area contributed by atoms with Crippen LogP contribution in [-0.2, 0) is 11.3 Å². The minimum absolute atomic E-state index is 0.108. The van der Waals surface area contributed by atoms with Gasteiger partial charge >= 0.3 is 6.03 Å². The smallest absolute Gasteiger partial charge is 0.321 e. The molecule has 1 saturated heterocycles. The number of anilines is 2. The maximum absolute atomic E-state index is 12.3. The highest BCUT2D eigenvalue weighted by Crippen LogP contribution is 2.18. The summed E-state index contributed by atoms with van der Waals surface area (Å²) < 4.78 is 5.39. The van der Waals surface area contributed by atoms with Gasteiger partial charge in [0, 0.05) is 38.1 Å². The first kappa shape index (κ1) is 17.3. The Kier molecular flexibility index (Phi) is 5.56. The van der Waals surface area contributed by atoms with E-state index in [1.807, 2.05) is 31.2 Å². The molecule has 2 aromatic carbocycles. The third kappa shape index (κ3) is 4.73. The van der Waals surface area contributed by atoms with Crippen molar-refractivity contribution >= 4 is 17.4 Å². The molecule has 2 amide bonds. The van der Waals surface area contributed by atoms with E-state index in [0.717, 1.165) is 43.1 Å². The monoisotopic (exact) mass is 339 g/mol. The zero-order chi connectivity index (χ0) is 17.6. The van der Waals surface area contributed by atoms with Gasteiger partial charge in [-0.05, 0) is 42.3 Å². The SMILES string of the molecule is Cc1cccc(NC(=O)N(C)Cc2ccc(N3CCOCC3)cc2)c1. The van der Waals surface area contributed by atoms with Crippen molar-refractivity contribution in [1.82, 2.24) is 4.90 Å². The molecule has 0 radical (unpaired) electrons. The summed E-state index contributed by atoms with van der Waals surface area (Å²) in [4.78, 5) is 16.3. The highest BCUT2D eigenvalue weighted by atomic mass is 16.5. The number of amides is 2. The van der Waals surface area contributed by atoms with Crippen molar-refractivity contribution < 1.29 is 9.53 Å². The fourth-order valence-electron chi connectivity index (χ4n) is 2.92. The van der Waals surface area contributed by atoms with Crippen LogP contribution in [0.5, 0.6) is 0 Å². The van der Waals surface area contributed by atoms with Gasteiger partial charge in [0.05, 0.1) is 13.2 Å². The van der Waals surface area contributed by atoms with Crippen molar-refractivity contribution in [3.05, 3.63) is 59.7 Å². The van der Waals surface area contributed by atoms with Crippen molar-refractivity contribution in [3.63, 3.8) is 0 Å². The summed E-state index contributed by atoms with van der Waals surface area (Å²) in [6.45, 7) is 6.00. The number of aryl methyl sites for hydroxylation is 1. The molecule has 3 rings (SSSR count). The molecule has 25 heavy (non-hydrogen) atoms. The predicted molar refractivity (Wildman–Crippen MR) is 101 cm³/mol. The lowest BCUT2D eigenvalue weighted by atomic mass is 10.2. The van der Waals surface area contributed by atoms with E-state index in [0.29, 0.717) is 6.54 Å². The summed E-state index contributed by atoms with van der Waals surface area (Å²) in [5, 5.41) is 2.93. The number of nitrogens with zero attached hydrogens (tertiary/aromatic N) is 2. The Balaban J connectivity index is 1.56. The van der Waals surface area contributed by atoms with Gasteiger partial charge in [-0.2, -0.15) is 0 Å². The molecule has 1 aliphatic rings. The second-order valence-electron chi connectivity index (χ2n) is 6.42. The van der Waals surface area contributed by atoms with Crippen LogP contribution in [0.3, 0.4) is 0 Å². The fourth-order valence-corrected chi connectivity index (χ4v) is 2.92. The molecule has 132 valence electrons. The summed E-state index contributed by atoms with van der Waals surface area (Å²) in [6.07, 6.45) is 0. The lowest BCUT2D eigenvalue weighted by Crippen LogP contribution is -2.36. The maximum Gasteiger partial charge on any atom is 0.321 e. The number of rotatable bonds is 4. The van der Waals surface area contributed by atoms with E-state index in [2.05, 4.69) is 34.5 Å². The van der Waals surface area contributed by atoms with Gasteiger partial charge in [0.15, 0.2) is 0 Å². The van der Waals surface area contributed by atoms with E-state index >= 15 is 0 Å². The number of nitrogens with one attached hydrogen (secondary N) is 1. The molecule has 0 unspecified atom stereocenters. The maximum atomic E-state index is 12.3. The number of carbonyl (C=O) groups is 1. The average molecular weight is 339 g/mol. The highest BCUT2D eigenvalue weighted by molar-refractivity contribution is 5.89. The number of benzene rings is 2. The number of hydrogen-bond donors (Lipinski definition) is 1. The van der Waals surface area contributed by atoms with E-state index in [4.69, 9.17) is 4.74 Å². The van der Waals surface area contributed by atoms with Crippen LogP contribution < -0.4 is 10.2 Å². The number of carbonyl (C=O) groups excluding carboxylic acids is 1. The summed E-state index contributed by atoms with van der Waals surface area (Å²) in [6, 6.07) is 16.1. The zero-order valence-electron chi connectivity index (χ0n) is 14.9. The normalized spacial score (nSPS) is 14.2. The van der Waals surface area contributed by atoms with E-state index in [9.17, 15) is 4.79 Å². The van der Waals surface area contributed by atoms with Crippen LogP contribution in [-0.4, -0.2) is 44.3 Å². The van der Waals surface area contributed by atoms with E-state index in [1.54, 1.807) is 11.9 Å². The van der Waals surface area contributed by atoms with Crippen LogP contribution in [0.4, 0.5) is 16.2 Å². The first-order valence-electron chi connectivity index (χ1n) is 8.62. The first-order valence-corrected chi connectivity index (χ1v) is 8.62. The molecule has 0 bridgehead atoms. The molecule has 1 fully saturated rings. The Hall–Kier alpha value is -2.53. The van der Waals surface area contributed by atoms with E-state index in [1.165, 1.54) is 5.69 Å². The second-order valence-corrected chi connectivity index (χ2v) is 6.42. The largest absolute Gasteiger partial charge is 0.378 e. The van der Waals surface area contributed by atoms with Crippen molar-refractivity contribution in [2.75, 3.05) is 43.6 Å². The molecular weight excluding hydrogens is 314 g/mol. The van der Waals surface area contributed by atoms with Crippen LogP contribution in [0.25, 0.3) is 0 Å². The van der Waals surface area contributed by atoms with Gasteiger partial charge in [0.25, 0.3) is 0 Å². The molecule has 1 heterocycles. The van der Waals surface area contributed by atoms with Gasteiger partial charge in [-0.25, -0.2) is 4.79 Å². The van der Waals surface area contributed by atoms with Crippen LogP contribution in [0.15, 0.2) is 48.5 Å². The topological polar surface area (TPSA) is 44.8 Å². The van der Waals surface area contributed by atoms with E-state index < -0.39 is 0 Å². The zero-order valence-corrected chi connectivity index (χ0v) is 14.9. The Morgan fingerprint density at radius 3 is 2.56 bits per heavy atom. The molecule has 5 heteroatoms. The minimum atomic E-state index is -0.108. The summed E-state index contributed by atoms with van der Waals surface area (Å²) in [5.41, 5.74) is 4.26. The van der Waals surface area contributed by atoms with Gasteiger partial charge < -0.3 is 19.9 Å². The molecule has 2 aromatic rings. The van der Waals surface area contributed by atoms with Gasteiger partial charge in [0.1, 0.15) is 0 Å². The summed E-state index contributed by atoms with van der Waals surface area (Å²) >= 11 is 0. The Labute approximate surface area is 149 Å². The standard InChI is InChI=1S/C20H25N3O2/c1-16-4-3-5-18(14-16)21-20(24)22(2)15-17-6-8-19(9-7-17)23-10-12-25-13-11-23/h3-9,14H,10-13,15H2,1-2H3,(H,21,24). The lowest BCUT2D eigenvalue weighted by molar-refractivity contribution is 0.122. The quantitative estimate of drug-likeness (QED) is 0.927. The van der Waals surface area contributed by atoms with Crippen molar-refractivity contribution in [2.45, 2.75) is 13.5 Å². The highest BCUT2D eigenvalue weighted by Gasteiger charge is 2.12. The number of ether oxygens (including phenoxy) is 1. The first-order chi connectivity index (χ1) is 12.1. The molecule has 0 spiro atoms. The number of hydrogen-bond acceptors (Lipinski definition) is 3. The summed E-state index contributed by atoms with van der Waals surface area (Å²) in [7, 11) is 1.81. The van der Waals surface area contributed by atoms with Crippen molar-refractivity contribution in [3.8, 4) is 0 Å². The predicted octanol–water partition coefficient (Wildman–Crippen LogP) is 3.50. The Morgan fingerprint density at radius 1 is 1.16 bits per heavy atom. The van der Waals surface area contributed by atoms with Crippen molar-refractivity contribution in [1.29, 1.82) is 0 Å². The molecule has 5 nitrogen and oxygen atoms in total. The van der Waals surface area contributed by atoms with Crippen LogP contribution in [0, 0.1) is 6.92 Å². The van der Waals surface area contributed by atoms with Gasteiger partial charge in [0.2, 0.25) is 0 Å². The second kappa shape index (κ2) is 8.03. The number of urea groups is 1. The Morgan fingerprint density at radius 2 is 1.88 bits per heavy atom. The lowest BCUT2D eigenvalue weighted by Gasteiger charge is -2.29. The van der Waals surface area contributed by atoms with Crippen LogP contribution in [0.2, 0.25) is 0 Å². The Bertz CT molecular complexity index is 709.